The average Bonchev–Trinajstić information content (AvgIpc) is 2.84. The Morgan fingerprint density at radius 2 is 1.89 bits per heavy atom. The highest BCUT2D eigenvalue weighted by Crippen LogP contribution is 2.31. The number of aryl methyl sites for hydroxylation is 2. The Morgan fingerprint density at radius 1 is 1.03 bits per heavy atom. The van der Waals surface area contributed by atoms with Gasteiger partial charge in [-0.1, -0.05) is 23.7 Å². The summed E-state index contributed by atoms with van der Waals surface area (Å²) in [6.07, 6.45) is 5.07. The first-order chi connectivity index (χ1) is 16.9. The molecule has 1 fully saturated rings. The number of fused-ring (bicyclic) bond motifs is 1. The number of hydrogen-bond acceptors (Lipinski definition) is 7. The number of amides is 1. The first-order valence-corrected chi connectivity index (χ1v) is 11.7. The number of nitrogens with one attached hydrogen (secondary N) is 1. The fourth-order valence-electron chi connectivity index (χ4n) is 4.24. The lowest BCUT2D eigenvalue weighted by Gasteiger charge is -2.27. The quantitative estimate of drug-likeness (QED) is 0.459. The maximum atomic E-state index is 13.7. The summed E-state index contributed by atoms with van der Waals surface area (Å²) in [4.78, 5) is 45.3. The zero-order valence-electron chi connectivity index (χ0n) is 19.5. The molecule has 0 radical (unpaired) electrons. The SMILES string of the molecule is Cc1cncc(-c2ccc(-c3cc4cnc(C)nc4n(CCN4CCNCC4=O)c3=O)c(Cl)c2)n1. The number of rotatable bonds is 5. The number of piperazine rings is 1. The van der Waals surface area contributed by atoms with Gasteiger partial charge in [-0.2, -0.15) is 0 Å². The van der Waals surface area contributed by atoms with Crippen molar-refractivity contribution in [2.24, 2.45) is 0 Å². The topological polar surface area (TPSA) is 106 Å². The van der Waals surface area contributed by atoms with Crippen LogP contribution in [0.1, 0.15) is 11.5 Å². The Morgan fingerprint density at radius 3 is 2.66 bits per heavy atom. The number of aromatic nitrogens is 5. The Kier molecular flexibility index (Phi) is 6.27. The number of hydrogen-bond donors (Lipinski definition) is 1. The minimum absolute atomic E-state index is 0.0217. The van der Waals surface area contributed by atoms with Gasteiger partial charge in [0.15, 0.2) is 0 Å². The van der Waals surface area contributed by atoms with E-state index in [-0.39, 0.29) is 11.5 Å². The van der Waals surface area contributed by atoms with Crippen LogP contribution in [0.4, 0.5) is 0 Å². The summed E-state index contributed by atoms with van der Waals surface area (Å²) in [6.45, 7) is 6.04. The third-order valence-electron chi connectivity index (χ3n) is 6.04. The first kappa shape index (κ1) is 23.1. The van der Waals surface area contributed by atoms with Gasteiger partial charge < -0.3 is 10.2 Å². The molecule has 0 saturated carbocycles. The van der Waals surface area contributed by atoms with Crippen molar-refractivity contribution in [1.82, 2.24) is 34.7 Å². The van der Waals surface area contributed by atoms with Gasteiger partial charge in [-0.3, -0.25) is 19.1 Å². The number of pyridine rings is 1. The summed E-state index contributed by atoms with van der Waals surface area (Å²) in [5, 5.41) is 4.22. The third-order valence-corrected chi connectivity index (χ3v) is 6.35. The van der Waals surface area contributed by atoms with E-state index in [9.17, 15) is 9.59 Å². The standard InChI is InChI=1S/C25H24ClN7O2/c1-15-11-28-13-22(30-15)17-3-4-19(21(26)10-17)20-9-18-12-29-16(2)31-24(18)33(25(20)35)8-7-32-6-5-27-14-23(32)34/h3-4,9-13,27H,5-8,14H2,1-2H3. The molecule has 4 aromatic rings. The van der Waals surface area contributed by atoms with Gasteiger partial charge in [0.1, 0.15) is 11.5 Å². The molecule has 3 aromatic heterocycles. The van der Waals surface area contributed by atoms with Crippen molar-refractivity contribution in [3.8, 4) is 22.4 Å². The van der Waals surface area contributed by atoms with Crippen molar-refractivity contribution < 1.29 is 4.79 Å². The van der Waals surface area contributed by atoms with E-state index < -0.39 is 0 Å². The minimum Gasteiger partial charge on any atom is -0.339 e. The van der Waals surface area contributed by atoms with Crippen molar-refractivity contribution in [2.75, 3.05) is 26.2 Å². The Labute approximate surface area is 206 Å². The zero-order chi connectivity index (χ0) is 24.5. The molecule has 1 aromatic carbocycles. The average molecular weight is 490 g/mol. The molecule has 1 aliphatic rings. The van der Waals surface area contributed by atoms with Gasteiger partial charge in [0.25, 0.3) is 5.56 Å². The zero-order valence-corrected chi connectivity index (χ0v) is 20.2. The van der Waals surface area contributed by atoms with Crippen molar-refractivity contribution >= 4 is 28.5 Å². The van der Waals surface area contributed by atoms with Crippen LogP contribution in [0.3, 0.4) is 0 Å². The second kappa shape index (κ2) is 9.52. The summed E-state index contributed by atoms with van der Waals surface area (Å²) in [5.41, 5.74) is 3.70. The van der Waals surface area contributed by atoms with E-state index >= 15 is 0 Å². The molecule has 1 aliphatic heterocycles. The predicted molar refractivity (Wildman–Crippen MR) is 134 cm³/mol. The molecule has 0 spiro atoms. The molecule has 5 rings (SSSR count). The number of halogens is 1. The molecular formula is C25H24ClN7O2. The van der Waals surface area contributed by atoms with E-state index in [1.54, 1.807) is 47.1 Å². The molecule has 0 unspecified atom stereocenters. The number of carbonyl (C=O) groups is 1. The highest BCUT2D eigenvalue weighted by atomic mass is 35.5. The fraction of sp³-hybridized carbons (Fsp3) is 0.280. The summed E-state index contributed by atoms with van der Waals surface area (Å²) >= 11 is 6.68. The molecular weight excluding hydrogens is 466 g/mol. The number of nitrogens with zero attached hydrogens (tertiary/aromatic N) is 6. The van der Waals surface area contributed by atoms with Gasteiger partial charge >= 0.3 is 0 Å². The minimum atomic E-state index is -0.219. The predicted octanol–water partition coefficient (Wildman–Crippen LogP) is 2.62. The van der Waals surface area contributed by atoms with Crippen molar-refractivity contribution in [3.63, 3.8) is 0 Å². The van der Waals surface area contributed by atoms with Gasteiger partial charge in [0.2, 0.25) is 5.91 Å². The van der Waals surface area contributed by atoms with E-state index in [0.717, 1.165) is 23.2 Å². The van der Waals surface area contributed by atoms with Crippen LogP contribution >= 0.6 is 11.6 Å². The summed E-state index contributed by atoms with van der Waals surface area (Å²) in [7, 11) is 0. The number of carbonyl (C=O) groups excluding carboxylic acids is 1. The van der Waals surface area contributed by atoms with E-state index in [1.165, 1.54) is 0 Å². The monoisotopic (exact) mass is 489 g/mol. The molecule has 9 nitrogen and oxygen atoms in total. The summed E-state index contributed by atoms with van der Waals surface area (Å²) in [5.74, 6) is 0.590. The van der Waals surface area contributed by atoms with E-state index in [0.29, 0.717) is 59.5 Å². The van der Waals surface area contributed by atoms with Crippen molar-refractivity contribution in [2.45, 2.75) is 20.4 Å². The van der Waals surface area contributed by atoms with Crippen LogP contribution in [0.15, 0.2) is 47.7 Å². The Balaban J connectivity index is 1.58. The van der Waals surface area contributed by atoms with Crippen LogP contribution in [0.25, 0.3) is 33.4 Å². The highest BCUT2D eigenvalue weighted by molar-refractivity contribution is 6.33. The van der Waals surface area contributed by atoms with E-state index in [4.69, 9.17) is 11.6 Å². The lowest BCUT2D eigenvalue weighted by atomic mass is 10.0. The molecule has 178 valence electrons. The van der Waals surface area contributed by atoms with Gasteiger partial charge in [-0.05, 0) is 26.0 Å². The normalized spacial score (nSPS) is 14.0. The molecule has 0 bridgehead atoms. The van der Waals surface area contributed by atoms with Crippen LogP contribution < -0.4 is 10.9 Å². The third kappa shape index (κ3) is 4.65. The molecule has 1 amide bonds. The first-order valence-electron chi connectivity index (χ1n) is 11.4. The van der Waals surface area contributed by atoms with Crippen LogP contribution in [-0.4, -0.2) is 61.5 Å². The molecule has 0 atom stereocenters. The number of benzene rings is 1. The lowest BCUT2D eigenvalue weighted by molar-refractivity contribution is -0.132. The molecule has 4 heterocycles. The summed E-state index contributed by atoms with van der Waals surface area (Å²) in [6, 6.07) is 7.27. The summed E-state index contributed by atoms with van der Waals surface area (Å²) < 4.78 is 1.62. The highest BCUT2D eigenvalue weighted by Gasteiger charge is 2.20. The Hall–Kier alpha value is -3.69. The van der Waals surface area contributed by atoms with Crippen LogP contribution in [0.5, 0.6) is 0 Å². The van der Waals surface area contributed by atoms with Crippen molar-refractivity contribution in [1.29, 1.82) is 0 Å². The lowest BCUT2D eigenvalue weighted by Crippen LogP contribution is -2.49. The van der Waals surface area contributed by atoms with Crippen LogP contribution in [-0.2, 0) is 11.3 Å². The second-order valence-corrected chi connectivity index (χ2v) is 8.92. The molecule has 1 saturated heterocycles. The van der Waals surface area contributed by atoms with Crippen LogP contribution in [0, 0.1) is 13.8 Å². The fourth-order valence-corrected chi connectivity index (χ4v) is 4.53. The molecule has 10 heteroatoms. The molecule has 1 N–H and O–H groups in total. The molecule has 35 heavy (non-hydrogen) atoms. The van der Waals surface area contributed by atoms with Crippen LogP contribution in [0.2, 0.25) is 5.02 Å². The smallest absolute Gasteiger partial charge is 0.260 e. The van der Waals surface area contributed by atoms with Gasteiger partial charge in [-0.15, -0.1) is 0 Å². The maximum Gasteiger partial charge on any atom is 0.260 e. The molecule has 0 aliphatic carbocycles. The van der Waals surface area contributed by atoms with Crippen molar-refractivity contribution in [3.05, 3.63) is 69.8 Å². The van der Waals surface area contributed by atoms with E-state index in [2.05, 4.69) is 25.3 Å². The maximum absolute atomic E-state index is 13.7. The van der Waals surface area contributed by atoms with E-state index in [1.807, 2.05) is 19.1 Å². The second-order valence-electron chi connectivity index (χ2n) is 8.51. The van der Waals surface area contributed by atoms with Gasteiger partial charge in [0.05, 0.1) is 24.1 Å². The Bertz CT molecular complexity index is 1500. The van der Waals surface area contributed by atoms with Gasteiger partial charge in [0, 0.05) is 65.7 Å². The largest absolute Gasteiger partial charge is 0.339 e. The van der Waals surface area contributed by atoms with Gasteiger partial charge in [-0.25, -0.2) is 15.0 Å².